The van der Waals surface area contributed by atoms with Gasteiger partial charge in [-0.1, -0.05) is 6.92 Å². The minimum atomic E-state index is -0.180. The van der Waals surface area contributed by atoms with Gasteiger partial charge in [-0.25, -0.2) is 0 Å². The molecule has 0 aromatic heterocycles. The smallest absolute Gasteiger partial charge is 0.0683 e. The first kappa shape index (κ1) is 14.5. The molecule has 2 nitrogen and oxygen atoms in total. The second-order valence-corrected chi connectivity index (χ2v) is 5.41. The van der Waals surface area contributed by atoms with E-state index in [0.717, 1.165) is 32.3 Å². The fourth-order valence-electron chi connectivity index (χ4n) is 1.18. The standard InChI is InChI=1S/C13H25NO/c1-6-13(4,5)15-10-8-7-9-12(2,3)11-14/h6-10H2,1-5H3. The summed E-state index contributed by atoms with van der Waals surface area (Å²) in [4.78, 5) is 0. The number of hydrogen-bond donors (Lipinski definition) is 0. The zero-order valence-corrected chi connectivity index (χ0v) is 10.9. The Bertz CT molecular complexity index is 213. The van der Waals surface area contributed by atoms with Crippen LogP contribution in [0.25, 0.3) is 0 Å². The molecule has 0 aliphatic rings. The molecule has 0 spiro atoms. The minimum absolute atomic E-state index is 0.00471. The molecule has 0 heterocycles. The predicted octanol–water partition coefficient (Wildman–Crippen LogP) is 3.91. The van der Waals surface area contributed by atoms with Crippen LogP contribution in [0.5, 0.6) is 0 Å². The van der Waals surface area contributed by atoms with Crippen molar-refractivity contribution in [3.8, 4) is 6.07 Å². The summed E-state index contributed by atoms with van der Waals surface area (Å²) in [7, 11) is 0. The molecule has 0 amide bonds. The van der Waals surface area contributed by atoms with E-state index in [2.05, 4.69) is 26.8 Å². The first-order chi connectivity index (χ1) is 6.83. The first-order valence-electron chi connectivity index (χ1n) is 5.88. The second kappa shape index (κ2) is 6.12. The van der Waals surface area contributed by atoms with Gasteiger partial charge in [0.2, 0.25) is 0 Å². The van der Waals surface area contributed by atoms with E-state index in [-0.39, 0.29) is 11.0 Å². The normalized spacial score (nSPS) is 12.5. The SMILES string of the molecule is CCC(C)(C)OCCCCC(C)(C)C#N. The van der Waals surface area contributed by atoms with E-state index < -0.39 is 0 Å². The summed E-state index contributed by atoms with van der Waals surface area (Å²) in [5, 5.41) is 8.84. The van der Waals surface area contributed by atoms with Gasteiger partial charge in [-0.2, -0.15) is 5.26 Å². The van der Waals surface area contributed by atoms with E-state index in [4.69, 9.17) is 10.00 Å². The number of nitriles is 1. The molecule has 0 aromatic carbocycles. The molecule has 0 bridgehead atoms. The lowest BCUT2D eigenvalue weighted by atomic mass is 9.89. The van der Waals surface area contributed by atoms with Gasteiger partial charge in [0.05, 0.1) is 17.1 Å². The second-order valence-electron chi connectivity index (χ2n) is 5.41. The van der Waals surface area contributed by atoms with E-state index >= 15 is 0 Å². The van der Waals surface area contributed by atoms with Crippen LogP contribution in [0.1, 0.15) is 60.3 Å². The van der Waals surface area contributed by atoms with Crippen LogP contribution < -0.4 is 0 Å². The lowest BCUT2D eigenvalue weighted by Gasteiger charge is -2.23. The molecule has 0 aromatic rings. The van der Waals surface area contributed by atoms with Crippen molar-refractivity contribution in [2.24, 2.45) is 5.41 Å². The molecule has 0 saturated carbocycles. The zero-order valence-electron chi connectivity index (χ0n) is 10.9. The molecule has 2 heteroatoms. The third-order valence-corrected chi connectivity index (χ3v) is 2.84. The average molecular weight is 211 g/mol. The minimum Gasteiger partial charge on any atom is -0.376 e. The molecule has 0 aliphatic carbocycles. The van der Waals surface area contributed by atoms with E-state index in [1.807, 2.05) is 13.8 Å². The predicted molar refractivity (Wildman–Crippen MR) is 63.6 cm³/mol. The average Bonchev–Trinajstić information content (AvgIpc) is 2.17. The Labute approximate surface area is 94.6 Å². The maximum Gasteiger partial charge on any atom is 0.0683 e. The van der Waals surface area contributed by atoms with Crippen LogP contribution >= 0.6 is 0 Å². The van der Waals surface area contributed by atoms with Gasteiger partial charge in [-0.05, 0) is 53.4 Å². The van der Waals surface area contributed by atoms with Crippen molar-refractivity contribution in [2.75, 3.05) is 6.61 Å². The van der Waals surface area contributed by atoms with E-state index in [9.17, 15) is 0 Å². The number of rotatable bonds is 7. The van der Waals surface area contributed by atoms with E-state index in [1.54, 1.807) is 0 Å². The van der Waals surface area contributed by atoms with Crippen LogP contribution in [0.2, 0.25) is 0 Å². The molecule has 15 heavy (non-hydrogen) atoms. The Kier molecular flexibility index (Phi) is 5.90. The van der Waals surface area contributed by atoms with Crippen molar-refractivity contribution >= 4 is 0 Å². The summed E-state index contributed by atoms with van der Waals surface area (Å²) >= 11 is 0. The number of unbranched alkanes of at least 4 members (excludes halogenated alkanes) is 1. The molecule has 0 fully saturated rings. The Hall–Kier alpha value is -0.550. The van der Waals surface area contributed by atoms with Crippen molar-refractivity contribution in [1.29, 1.82) is 5.26 Å². The highest BCUT2D eigenvalue weighted by Crippen LogP contribution is 2.22. The number of hydrogen-bond acceptors (Lipinski definition) is 2. The summed E-state index contributed by atoms with van der Waals surface area (Å²) in [5.41, 5.74) is -0.176. The summed E-state index contributed by atoms with van der Waals surface area (Å²) in [6.07, 6.45) is 4.12. The van der Waals surface area contributed by atoms with Crippen LogP contribution in [-0.4, -0.2) is 12.2 Å². The molecular formula is C13H25NO. The maximum atomic E-state index is 8.84. The lowest BCUT2D eigenvalue weighted by molar-refractivity contribution is -0.0220. The summed E-state index contributed by atoms with van der Waals surface area (Å²) in [6, 6.07) is 2.32. The molecule has 0 saturated heterocycles. The van der Waals surface area contributed by atoms with E-state index in [0.29, 0.717) is 0 Å². The Morgan fingerprint density at radius 1 is 1.13 bits per heavy atom. The first-order valence-corrected chi connectivity index (χ1v) is 5.88. The van der Waals surface area contributed by atoms with Crippen molar-refractivity contribution in [2.45, 2.75) is 65.9 Å². The molecule has 0 N–H and O–H groups in total. The highest BCUT2D eigenvalue weighted by atomic mass is 16.5. The molecule has 88 valence electrons. The Morgan fingerprint density at radius 3 is 2.20 bits per heavy atom. The van der Waals surface area contributed by atoms with Crippen LogP contribution in [0, 0.1) is 16.7 Å². The molecule has 0 unspecified atom stereocenters. The maximum absolute atomic E-state index is 8.84. The van der Waals surface area contributed by atoms with Crippen LogP contribution in [0.4, 0.5) is 0 Å². The number of nitrogens with zero attached hydrogens (tertiary/aromatic N) is 1. The van der Waals surface area contributed by atoms with Gasteiger partial charge in [0.1, 0.15) is 0 Å². The summed E-state index contributed by atoms with van der Waals surface area (Å²) in [5.74, 6) is 0. The Balaban J connectivity index is 3.54. The van der Waals surface area contributed by atoms with Gasteiger partial charge in [-0.15, -0.1) is 0 Å². The fourth-order valence-corrected chi connectivity index (χ4v) is 1.18. The van der Waals surface area contributed by atoms with Gasteiger partial charge >= 0.3 is 0 Å². The van der Waals surface area contributed by atoms with Gasteiger partial charge in [0, 0.05) is 6.61 Å². The third-order valence-electron chi connectivity index (χ3n) is 2.84. The molecule has 0 rings (SSSR count). The topological polar surface area (TPSA) is 33.0 Å². The van der Waals surface area contributed by atoms with Crippen LogP contribution in [0.15, 0.2) is 0 Å². The molecule has 0 atom stereocenters. The van der Waals surface area contributed by atoms with Gasteiger partial charge in [0.25, 0.3) is 0 Å². The highest BCUT2D eigenvalue weighted by molar-refractivity contribution is 4.91. The van der Waals surface area contributed by atoms with Gasteiger partial charge in [-0.3, -0.25) is 0 Å². The third kappa shape index (κ3) is 7.39. The van der Waals surface area contributed by atoms with Crippen LogP contribution in [-0.2, 0) is 4.74 Å². The fraction of sp³-hybridized carbons (Fsp3) is 0.923. The lowest BCUT2D eigenvalue weighted by Crippen LogP contribution is -2.23. The van der Waals surface area contributed by atoms with Gasteiger partial charge in [0.15, 0.2) is 0 Å². The van der Waals surface area contributed by atoms with Crippen LogP contribution in [0.3, 0.4) is 0 Å². The van der Waals surface area contributed by atoms with Gasteiger partial charge < -0.3 is 4.74 Å². The van der Waals surface area contributed by atoms with E-state index in [1.165, 1.54) is 0 Å². The monoisotopic (exact) mass is 211 g/mol. The summed E-state index contributed by atoms with van der Waals surface area (Å²) < 4.78 is 5.74. The summed E-state index contributed by atoms with van der Waals surface area (Å²) in [6.45, 7) is 11.2. The molecule has 0 aliphatic heterocycles. The molecule has 0 radical (unpaired) electrons. The van der Waals surface area contributed by atoms with Crippen molar-refractivity contribution < 1.29 is 4.74 Å². The Morgan fingerprint density at radius 2 is 1.73 bits per heavy atom. The quantitative estimate of drug-likeness (QED) is 0.598. The highest BCUT2D eigenvalue weighted by Gasteiger charge is 2.17. The zero-order chi connectivity index (χ0) is 11.9. The largest absolute Gasteiger partial charge is 0.376 e. The molecular weight excluding hydrogens is 186 g/mol. The van der Waals surface area contributed by atoms with Crippen molar-refractivity contribution in [1.82, 2.24) is 0 Å². The number of ether oxygens (including phenoxy) is 1. The van der Waals surface area contributed by atoms with Crippen molar-refractivity contribution in [3.05, 3.63) is 0 Å². The van der Waals surface area contributed by atoms with Crippen molar-refractivity contribution in [3.63, 3.8) is 0 Å².